The van der Waals surface area contributed by atoms with Crippen molar-refractivity contribution in [2.24, 2.45) is 5.92 Å². The van der Waals surface area contributed by atoms with Crippen LogP contribution < -0.4 is 5.32 Å². The Morgan fingerprint density at radius 1 is 1.38 bits per heavy atom. The normalized spacial score (nSPS) is 11.3. The SMILES string of the molecule is Cc1cc(CCNC(=O)c2nc(CC(C)C)n3ccccc23)no1. The Balaban J connectivity index is 1.74. The Bertz CT molecular complexity index is 848. The van der Waals surface area contributed by atoms with Crippen molar-refractivity contribution >= 4 is 11.4 Å². The van der Waals surface area contributed by atoms with Crippen molar-refractivity contribution in [1.29, 1.82) is 0 Å². The number of imidazole rings is 1. The van der Waals surface area contributed by atoms with Crippen LogP contribution in [0.5, 0.6) is 0 Å². The highest BCUT2D eigenvalue weighted by molar-refractivity contribution is 5.99. The number of pyridine rings is 1. The molecule has 0 bridgehead atoms. The topological polar surface area (TPSA) is 72.4 Å². The summed E-state index contributed by atoms with van der Waals surface area (Å²) in [4.78, 5) is 17.1. The van der Waals surface area contributed by atoms with Crippen LogP contribution in [0.1, 0.15) is 41.6 Å². The molecule has 3 aromatic rings. The van der Waals surface area contributed by atoms with Gasteiger partial charge < -0.3 is 14.2 Å². The molecular formula is C18H22N4O2. The van der Waals surface area contributed by atoms with Crippen LogP contribution in [-0.2, 0) is 12.8 Å². The average molecular weight is 326 g/mol. The minimum atomic E-state index is -0.158. The first-order valence-electron chi connectivity index (χ1n) is 8.21. The van der Waals surface area contributed by atoms with Crippen LogP contribution in [-0.4, -0.2) is 27.0 Å². The minimum absolute atomic E-state index is 0.158. The van der Waals surface area contributed by atoms with Gasteiger partial charge in [0.1, 0.15) is 11.6 Å². The third-order valence-corrected chi connectivity index (χ3v) is 3.77. The molecule has 0 atom stereocenters. The maximum atomic E-state index is 12.5. The highest BCUT2D eigenvalue weighted by atomic mass is 16.5. The standard InChI is InChI=1S/C18H22N4O2/c1-12(2)10-16-20-17(15-6-4-5-9-22(15)16)18(23)19-8-7-14-11-13(3)24-21-14/h4-6,9,11-12H,7-8,10H2,1-3H3,(H,19,23). The molecule has 126 valence electrons. The highest BCUT2D eigenvalue weighted by Gasteiger charge is 2.17. The molecule has 0 aliphatic carbocycles. The lowest BCUT2D eigenvalue weighted by Crippen LogP contribution is -2.26. The first kappa shape index (κ1) is 16.2. The van der Waals surface area contributed by atoms with E-state index < -0.39 is 0 Å². The van der Waals surface area contributed by atoms with Crippen molar-refractivity contribution in [3.05, 3.63) is 53.4 Å². The number of fused-ring (bicyclic) bond motifs is 1. The zero-order valence-corrected chi connectivity index (χ0v) is 14.2. The van der Waals surface area contributed by atoms with Crippen LogP contribution in [0.3, 0.4) is 0 Å². The fourth-order valence-corrected chi connectivity index (χ4v) is 2.70. The summed E-state index contributed by atoms with van der Waals surface area (Å²) in [5.41, 5.74) is 2.15. The summed E-state index contributed by atoms with van der Waals surface area (Å²) < 4.78 is 7.02. The Kier molecular flexibility index (Phi) is 4.64. The maximum absolute atomic E-state index is 12.5. The van der Waals surface area contributed by atoms with Crippen LogP contribution in [0.2, 0.25) is 0 Å². The predicted octanol–water partition coefficient (Wildman–Crippen LogP) is 2.80. The van der Waals surface area contributed by atoms with Gasteiger partial charge in [-0.1, -0.05) is 25.1 Å². The summed E-state index contributed by atoms with van der Waals surface area (Å²) in [6.45, 7) is 6.63. The molecule has 3 rings (SSSR count). The molecule has 0 fully saturated rings. The minimum Gasteiger partial charge on any atom is -0.361 e. The fraction of sp³-hybridized carbons (Fsp3) is 0.389. The number of aryl methyl sites for hydroxylation is 1. The van der Waals surface area contributed by atoms with Crippen LogP contribution >= 0.6 is 0 Å². The van der Waals surface area contributed by atoms with E-state index in [1.165, 1.54) is 0 Å². The second kappa shape index (κ2) is 6.86. The number of rotatable bonds is 6. The summed E-state index contributed by atoms with van der Waals surface area (Å²) in [6.07, 6.45) is 3.42. The molecule has 0 saturated carbocycles. The Labute approximate surface area is 140 Å². The molecule has 0 aliphatic rings. The number of hydrogen-bond acceptors (Lipinski definition) is 4. The van der Waals surface area contributed by atoms with E-state index in [-0.39, 0.29) is 5.91 Å². The largest absolute Gasteiger partial charge is 0.361 e. The zero-order valence-electron chi connectivity index (χ0n) is 14.2. The third kappa shape index (κ3) is 3.48. The molecule has 6 heteroatoms. The second-order valence-electron chi connectivity index (χ2n) is 6.37. The van der Waals surface area contributed by atoms with Gasteiger partial charge in [-0.15, -0.1) is 0 Å². The van der Waals surface area contributed by atoms with Gasteiger partial charge in [0.15, 0.2) is 5.69 Å². The first-order valence-corrected chi connectivity index (χ1v) is 8.21. The van der Waals surface area contributed by atoms with Crippen LogP contribution in [0.25, 0.3) is 5.52 Å². The Hall–Kier alpha value is -2.63. The lowest BCUT2D eigenvalue weighted by molar-refractivity contribution is 0.0951. The lowest BCUT2D eigenvalue weighted by Gasteiger charge is -2.03. The molecule has 0 radical (unpaired) electrons. The third-order valence-electron chi connectivity index (χ3n) is 3.77. The van der Waals surface area contributed by atoms with Gasteiger partial charge in [-0.25, -0.2) is 4.98 Å². The first-order chi connectivity index (χ1) is 11.5. The predicted molar refractivity (Wildman–Crippen MR) is 91.0 cm³/mol. The summed E-state index contributed by atoms with van der Waals surface area (Å²) in [7, 11) is 0. The smallest absolute Gasteiger partial charge is 0.272 e. The summed E-state index contributed by atoms with van der Waals surface area (Å²) in [6, 6.07) is 7.67. The monoisotopic (exact) mass is 326 g/mol. The van der Waals surface area contributed by atoms with Gasteiger partial charge in [0.2, 0.25) is 0 Å². The lowest BCUT2D eigenvalue weighted by atomic mass is 10.1. The Morgan fingerprint density at radius 2 is 2.21 bits per heavy atom. The molecule has 3 aromatic heterocycles. The molecule has 24 heavy (non-hydrogen) atoms. The highest BCUT2D eigenvalue weighted by Crippen LogP contribution is 2.16. The van der Waals surface area contributed by atoms with Crippen molar-refractivity contribution in [3.63, 3.8) is 0 Å². The van der Waals surface area contributed by atoms with E-state index in [2.05, 4.69) is 29.3 Å². The van der Waals surface area contributed by atoms with E-state index in [9.17, 15) is 4.79 Å². The van der Waals surface area contributed by atoms with E-state index >= 15 is 0 Å². The van der Waals surface area contributed by atoms with E-state index in [0.717, 1.165) is 29.2 Å². The van der Waals surface area contributed by atoms with Crippen molar-refractivity contribution in [2.45, 2.75) is 33.6 Å². The van der Waals surface area contributed by atoms with Gasteiger partial charge in [0.25, 0.3) is 5.91 Å². The molecule has 6 nitrogen and oxygen atoms in total. The van der Waals surface area contributed by atoms with Crippen LogP contribution in [0.4, 0.5) is 0 Å². The molecular weight excluding hydrogens is 304 g/mol. The summed E-state index contributed by atoms with van der Waals surface area (Å²) in [5, 5.41) is 6.85. The van der Waals surface area contributed by atoms with E-state index in [0.29, 0.717) is 24.6 Å². The summed E-state index contributed by atoms with van der Waals surface area (Å²) >= 11 is 0. The maximum Gasteiger partial charge on any atom is 0.272 e. The molecule has 0 aromatic carbocycles. The van der Waals surface area contributed by atoms with Crippen molar-refractivity contribution < 1.29 is 9.32 Å². The van der Waals surface area contributed by atoms with Gasteiger partial charge in [-0.2, -0.15) is 0 Å². The number of nitrogens with zero attached hydrogens (tertiary/aromatic N) is 3. The molecule has 3 heterocycles. The van der Waals surface area contributed by atoms with E-state index in [1.54, 1.807) is 0 Å². The van der Waals surface area contributed by atoms with Gasteiger partial charge in [0, 0.05) is 31.6 Å². The number of nitrogens with one attached hydrogen (secondary N) is 1. The quantitative estimate of drug-likeness (QED) is 0.756. The van der Waals surface area contributed by atoms with Crippen molar-refractivity contribution in [2.75, 3.05) is 6.54 Å². The van der Waals surface area contributed by atoms with Crippen molar-refractivity contribution in [1.82, 2.24) is 19.9 Å². The van der Waals surface area contributed by atoms with Gasteiger partial charge in [0.05, 0.1) is 11.2 Å². The number of carbonyl (C=O) groups excluding carboxylic acids is 1. The van der Waals surface area contributed by atoms with Crippen LogP contribution in [0, 0.1) is 12.8 Å². The fourth-order valence-electron chi connectivity index (χ4n) is 2.70. The second-order valence-corrected chi connectivity index (χ2v) is 6.37. The van der Waals surface area contributed by atoms with Gasteiger partial charge >= 0.3 is 0 Å². The molecule has 1 amide bonds. The number of carbonyl (C=O) groups is 1. The van der Waals surface area contributed by atoms with Gasteiger partial charge in [-0.05, 0) is 25.0 Å². The molecule has 0 spiro atoms. The number of aromatic nitrogens is 3. The summed E-state index contributed by atoms with van der Waals surface area (Å²) in [5.74, 6) is 2.00. The molecule has 1 N–H and O–H groups in total. The molecule has 0 saturated heterocycles. The number of hydrogen-bond donors (Lipinski definition) is 1. The van der Waals surface area contributed by atoms with E-state index in [1.807, 2.05) is 41.8 Å². The van der Waals surface area contributed by atoms with E-state index in [4.69, 9.17) is 4.52 Å². The van der Waals surface area contributed by atoms with Crippen molar-refractivity contribution in [3.8, 4) is 0 Å². The average Bonchev–Trinajstić information content (AvgIpc) is 3.11. The van der Waals surface area contributed by atoms with Gasteiger partial charge in [-0.3, -0.25) is 4.79 Å². The van der Waals surface area contributed by atoms with Crippen LogP contribution in [0.15, 0.2) is 35.0 Å². The number of amides is 1. The molecule has 0 unspecified atom stereocenters. The Morgan fingerprint density at radius 3 is 2.92 bits per heavy atom. The molecule has 0 aliphatic heterocycles. The zero-order chi connectivity index (χ0) is 17.1.